The molecule has 0 spiro atoms. The van der Waals surface area contributed by atoms with Gasteiger partial charge in [0.15, 0.2) is 11.9 Å². The Morgan fingerprint density at radius 2 is 1.59 bits per heavy atom. The molecule has 5 rings (SSSR count). The van der Waals surface area contributed by atoms with Crippen LogP contribution in [0.3, 0.4) is 0 Å². The van der Waals surface area contributed by atoms with Crippen LogP contribution in [-0.4, -0.2) is 104 Å². The van der Waals surface area contributed by atoms with Gasteiger partial charge in [-0.1, -0.05) is 51.9 Å². The molecular weight excluding hydrogens is 717 g/mol. The SMILES string of the molecule is C=C(OCC)c1c(C2C[C@H]3CC[C@@H](C2)N3C(=O)OC(C)(C)C)nc2c(-c3ccc(C=O)nc3)cnn2c1N(COCC[Si](C)(C)C)COCC[Si](C)(C)C. The summed E-state index contributed by atoms with van der Waals surface area (Å²) in [5.41, 5.74) is 3.61. The van der Waals surface area contributed by atoms with E-state index in [0.717, 1.165) is 72.3 Å². The Hall–Kier alpha value is -3.60. The highest BCUT2D eigenvalue weighted by Gasteiger charge is 2.46. The van der Waals surface area contributed by atoms with Gasteiger partial charge in [-0.3, -0.25) is 9.78 Å². The first-order chi connectivity index (χ1) is 25.4. The maximum absolute atomic E-state index is 13.5. The number of hydrogen-bond donors (Lipinski definition) is 0. The third-order valence-corrected chi connectivity index (χ3v) is 13.4. The standard InChI is InChI=1S/C40H62N6O6Si2/c1-12-51-28(2)35-36(30-21-32-15-16-33(22-30)45(32)39(48)52-40(3,4)5)43-37-34(29-13-14-31(25-47)41-23-29)24-42-46(37)38(35)44(26-49-17-19-53(6,7)8)27-50-18-20-54(9,10)11/h13-14,23-25,30,32-33H,2,12,15-22,26-27H2,1,3-11H3/t30?,32-,33+. The Balaban J connectivity index is 1.66. The van der Waals surface area contributed by atoms with Gasteiger partial charge in [-0.15, -0.1) is 0 Å². The second-order valence-electron chi connectivity index (χ2n) is 18.1. The average Bonchev–Trinajstić information content (AvgIpc) is 3.62. The van der Waals surface area contributed by atoms with Crippen molar-refractivity contribution >= 4 is 45.8 Å². The topological polar surface area (TPSA) is 121 Å². The predicted molar refractivity (Wildman–Crippen MR) is 220 cm³/mol. The van der Waals surface area contributed by atoms with Gasteiger partial charge in [0.05, 0.1) is 24.1 Å². The first-order valence-corrected chi connectivity index (χ1v) is 26.9. The number of rotatable bonds is 17. The number of aldehydes is 1. The minimum absolute atomic E-state index is 0.00192. The molecule has 12 nitrogen and oxygen atoms in total. The normalized spacial score (nSPS) is 18.9. The molecule has 14 heteroatoms. The van der Waals surface area contributed by atoms with E-state index in [0.29, 0.717) is 36.9 Å². The summed E-state index contributed by atoms with van der Waals surface area (Å²) < 4.78 is 26.9. The third kappa shape index (κ3) is 10.4. The molecule has 54 heavy (non-hydrogen) atoms. The number of hydrogen-bond acceptors (Lipinski definition) is 10. The smallest absolute Gasteiger partial charge is 0.410 e. The average molecular weight is 779 g/mol. The summed E-state index contributed by atoms with van der Waals surface area (Å²) in [5.74, 6) is 1.24. The highest BCUT2D eigenvalue weighted by Crippen LogP contribution is 2.47. The van der Waals surface area contributed by atoms with E-state index >= 15 is 0 Å². The monoisotopic (exact) mass is 778 g/mol. The van der Waals surface area contributed by atoms with Crippen molar-refractivity contribution in [1.82, 2.24) is 24.5 Å². The Bertz CT molecular complexity index is 1740. The molecular formula is C40H62N6O6Si2. The minimum Gasteiger partial charge on any atom is -0.494 e. The van der Waals surface area contributed by atoms with Gasteiger partial charge in [-0.05, 0) is 71.5 Å². The molecule has 0 radical (unpaired) electrons. The van der Waals surface area contributed by atoms with E-state index in [2.05, 4.69) is 55.7 Å². The fourth-order valence-corrected chi connectivity index (χ4v) is 8.73. The largest absolute Gasteiger partial charge is 0.494 e. The molecule has 1 amide bonds. The molecule has 3 aromatic rings. The van der Waals surface area contributed by atoms with E-state index < -0.39 is 21.7 Å². The van der Waals surface area contributed by atoms with E-state index in [9.17, 15) is 9.59 Å². The van der Waals surface area contributed by atoms with E-state index in [-0.39, 0.29) is 37.6 Å². The summed E-state index contributed by atoms with van der Waals surface area (Å²) >= 11 is 0. The molecule has 3 aromatic heterocycles. The quantitative estimate of drug-likeness (QED) is 0.0433. The highest BCUT2D eigenvalue weighted by molar-refractivity contribution is 6.76. The summed E-state index contributed by atoms with van der Waals surface area (Å²) in [4.78, 5) is 38.8. The maximum Gasteiger partial charge on any atom is 0.410 e. The lowest BCUT2D eigenvalue weighted by Crippen LogP contribution is -2.48. The first-order valence-electron chi connectivity index (χ1n) is 19.5. The van der Waals surface area contributed by atoms with Crippen LogP contribution in [0.5, 0.6) is 0 Å². The second-order valence-corrected chi connectivity index (χ2v) is 29.4. The van der Waals surface area contributed by atoms with E-state index in [1.165, 1.54) is 0 Å². The summed E-state index contributed by atoms with van der Waals surface area (Å²) in [6.07, 6.45) is 7.24. The minimum atomic E-state index is -1.35. The second kappa shape index (κ2) is 17.0. The molecule has 2 aliphatic rings. The zero-order valence-electron chi connectivity index (χ0n) is 34.2. The van der Waals surface area contributed by atoms with Crippen molar-refractivity contribution in [1.29, 1.82) is 0 Å². The molecule has 1 unspecified atom stereocenters. The molecule has 2 aliphatic heterocycles. The van der Waals surface area contributed by atoms with E-state index in [4.69, 9.17) is 29.0 Å². The molecule has 2 bridgehead atoms. The Morgan fingerprint density at radius 3 is 2.09 bits per heavy atom. The third-order valence-electron chi connectivity index (χ3n) is 9.98. The molecule has 5 heterocycles. The summed E-state index contributed by atoms with van der Waals surface area (Å²) in [5, 5.41) is 4.95. The molecule has 0 saturated carbocycles. The summed E-state index contributed by atoms with van der Waals surface area (Å²) in [6.45, 7) is 28.5. The molecule has 0 N–H and O–H groups in total. The fourth-order valence-electron chi connectivity index (χ4n) is 7.21. The van der Waals surface area contributed by atoms with Gasteiger partial charge >= 0.3 is 6.09 Å². The van der Waals surface area contributed by atoms with Crippen molar-refractivity contribution in [2.75, 3.05) is 38.2 Å². The van der Waals surface area contributed by atoms with Crippen LogP contribution in [0.1, 0.15) is 81.0 Å². The zero-order chi connectivity index (χ0) is 39.4. The van der Waals surface area contributed by atoms with Crippen LogP contribution in [0.4, 0.5) is 10.6 Å². The summed E-state index contributed by atoms with van der Waals surface area (Å²) in [7, 11) is -2.69. The van der Waals surface area contributed by atoms with Crippen LogP contribution >= 0.6 is 0 Å². The summed E-state index contributed by atoms with van der Waals surface area (Å²) in [6, 6.07) is 5.68. The number of anilines is 1. The van der Waals surface area contributed by atoms with Crippen LogP contribution in [0.2, 0.25) is 51.4 Å². The fraction of sp³-hybridized carbons (Fsp3) is 0.625. The maximum atomic E-state index is 13.5. The van der Waals surface area contributed by atoms with Crippen molar-refractivity contribution < 1.29 is 28.5 Å². The van der Waals surface area contributed by atoms with Gasteiger partial charge in [0.1, 0.15) is 36.3 Å². The van der Waals surface area contributed by atoms with Crippen LogP contribution in [0.25, 0.3) is 22.5 Å². The van der Waals surface area contributed by atoms with Crippen LogP contribution in [0.15, 0.2) is 31.1 Å². The molecule has 0 aromatic carbocycles. The van der Waals surface area contributed by atoms with Crippen molar-refractivity contribution in [2.24, 2.45) is 0 Å². The van der Waals surface area contributed by atoms with Gasteiger partial charge in [0.2, 0.25) is 0 Å². The van der Waals surface area contributed by atoms with E-state index in [1.807, 2.05) is 43.2 Å². The Kier molecular flexibility index (Phi) is 13.1. The van der Waals surface area contributed by atoms with E-state index in [1.54, 1.807) is 18.5 Å². The lowest BCUT2D eigenvalue weighted by atomic mass is 9.85. The number of ether oxygens (including phenoxy) is 4. The van der Waals surface area contributed by atoms with Gasteiger partial charge in [0.25, 0.3) is 0 Å². The Labute approximate surface area is 323 Å². The molecule has 2 fully saturated rings. The molecule has 0 aliphatic carbocycles. The number of carbonyl (C=O) groups is 2. The van der Waals surface area contributed by atoms with Gasteiger partial charge in [-0.25, -0.2) is 9.78 Å². The molecule has 3 atom stereocenters. The predicted octanol–water partition coefficient (Wildman–Crippen LogP) is 8.69. The lowest BCUT2D eigenvalue weighted by Gasteiger charge is -2.40. The number of nitrogens with zero attached hydrogens (tertiary/aromatic N) is 6. The van der Waals surface area contributed by atoms with Crippen molar-refractivity contribution in [3.8, 4) is 11.1 Å². The Morgan fingerprint density at radius 1 is 0.981 bits per heavy atom. The molecule has 296 valence electrons. The first kappa shape index (κ1) is 41.6. The number of fused-ring (bicyclic) bond motifs is 3. The van der Waals surface area contributed by atoms with Crippen molar-refractivity contribution in [2.45, 2.75) is 128 Å². The van der Waals surface area contributed by atoms with Crippen molar-refractivity contribution in [3.63, 3.8) is 0 Å². The number of amides is 1. The number of carbonyl (C=O) groups excluding carboxylic acids is 2. The van der Waals surface area contributed by atoms with Gasteiger partial charge < -0.3 is 28.7 Å². The molecule has 2 saturated heterocycles. The van der Waals surface area contributed by atoms with Crippen molar-refractivity contribution in [3.05, 3.63) is 48.1 Å². The van der Waals surface area contributed by atoms with Gasteiger partial charge in [-0.2, -0.15) is 9.61 Å². The van der Waals surface area contributed by atoms with Gasteiger partial charge in [0, 0.05) is 64.7 Å². The number of piperidine rings is 1. The lowest BCUT2D eigenvalue weighted by molar-refractivity contribution is 0.00565. The van der Waals surface area contributed by atoms with Crippen LogP contribution in [-0.2, 0) is 18.9 Å². The number of aromatic nitrogens is 4. The van der Waals surface area contributed by atoms with Crippen LogP contribution in [0, 0.1) is 0 Å². The zero-order valence-corrected chi connectivity index (χ0v) is 36.2. The highest BCUT2D eigenvalue weighted by atomic mass is 28.3. The number of pyridine rings is 1. The van der Waals surface area contributed by atoms with Crippen LogP contribution < -0.4 is 4.90 Å².